The molecule has 3 rings (SSSR count). The molecule has 1 nitrogen and oxygen atoms in total. The lowest BCUT2D eigenvalue weighted by Crippen LogP contribution is -2.29. The number of hydrogen-bond donors (Lipinski definition) is 1. The van der Waals surface area contributed by atoms with Gasteiger partial charge in [-0.15, -0.1) is 0 Å². The Morgan fingerprint density at radius 2 is 2.18 bits per heavy atom. The van der Waals surface area contributed by atoms with Gasteiger partial charge in [-0.2, -0.15) is 0 Å². The van der Waals surface area contributed by atoms with Crippen LogP contribution in [0.1, 0.15) is 63.5 Å². The van der Waals surface area contributed by atoms with Crippen molar-refractivity contribution < 1.29 is 4.39 Å². The van der Waals surface area contributed by atoms with E-state index in [-0.39, 0.29) is 17.3 Å². The van der Waals surface area contributed by atoms with Crippen molar-refractivity contribution in [1.82, 2.24) is 5.32 Å². The van der Waals surface area contributed by atoms with Gasteiger partial charge in [-0.25, -0.2) is 4.39 Å². The molecule has 1 fully saturated rings. The van der Waals surface area contributed by atoms with Crippen LogP contribution in [-0.2, 0) is 6.42 Å². The first-order chi connectivity index (χ1) is 10.4. The smallest absolute Gasteiger partial charge is 0.126 e. The van der Waals surface area contributed by atoms with E-state index in [0.29, 0.717) is 0 Å². The van der Waals surface area contributed by atoms with E-state index in [0.717, 1.165) is 29.7 Å². The third-order valence-electron chi connectivity index (χ3n) is 5.19. The Morgan fingerprint density at radius 3 is 2.73 bits per heavy atom. The first-order valence-electron chi connectivity index (χ1n) is 8.35. The van der Waals surface area contributed by atoms with Crippen LogP contribution in [0.3, 0.4) is 0 Å². The molecule has 0 aliphatic heterocycles. The number of nitrogens with one attached hydrogen (secondary N) is 1. The van der Waals surface area contributed by atoms with Crippen molar-refractivity contribution in [1.29, 1.82) is 0 Å². The van der Waals surface area contributed by atoms with Crippen molar-refractivity contribution >= 4 is 0 Å². The molecule has 0 radical (unpaired) electrons. The predicted octanol–water partition coefficient (Wildman–Crippen LogP) is 5.24. The summed E-state index contributed by atoms with van der Waals surface area (Å²) in [7, 11) is 0. The highest BCUT2D eigenvalue weighted by Crippen LogP contribution is 2.55. The maximum absolute atomic E-state index is 14.0. The van der Waals surface area contributed by atoms with Gasteiger partial charge in [0.05, 0.1) is 5.54 Å². The Morgan fingerprint density at radius 1 is 1.41 bits per heavy atom. The third-order valence-corrected chi connectivity index (χ3v) is 5.19. The molecule has 118 valence electrons. The first-order valence-corrected chi connectivity index (χ1v) is 8.35. The topological polar surface area (TPSA) is 12.0 Å². The largest absolute Gasteiger partial charge is 0.379 e. The summed E-state index contributed by atoms with van der Waals surface area (Å²) in [4.78, 5) is 0. The minimum Gasteiger partial charge on any atom is -0.379 e. The second-order valence-electron chi connectivity index (χ2n) is 7.26. The van der Waals surface area contributed by atoms with Crippen LogP contribution in [0.2, 0.25) is 0 Å². The van der Waals surface area contributed by atoms with Gasteiger partial charge in [0.1, 0.15) is 5.82 Å². The van der Waals surface area contributed by atoms with E-state index in [9.17, 15) is 4.39 Å². The van der Waals surface area contributed by atoms with Gasteiger partial charge in [-0.1, -0.05) is 38.1 Å². The summed E-state index contributed by atoms with van der Waals surface area (Å²) in [5.41, 5.74) is 6.34. The molecule has 2 aliphatic carbocycles. The minimum atomic E-state index is -0.0801. The first kappa shape index (κ1) is 15.3. The Bertz CT molecular complexity index is 641. The van der Waals surface area contributed by atoms with Crippen molar-refractivity contribution in [3.63, 3.8) is 0 Å². The number of hydrogen-bond acceptors (Lipinski definition) is 1. The maximum atomic E-state index is 14.0. The van der Waals surface area contributed by atoms with E-state index in [2.05, 4.69) is 18.8 Å². The van der Waals surface area contributed by atoms with Crippen LogP contribution < -0.4 is 5.32 Å². The van der Waals surface area contributed by atoms with E-state index < -0.39 is 0 Å². The number of halogens is 1. The molecular weight excluding hydrogens is 273 g/mol. The number of fused-ring (bicyclic) bond motifs is 1. The molecule has 0 bridgehead atoms. The van der Waals surface area contributed by atoms with Crippen LogP contribution in [-0.4, -0.2) is 5.54 Å². The number of benzene rings is 1. The minimum absolute atomic E-state index is 0.0801. The maximum Gasteiger partial charge on any atom is 0.126 e. The standard InChI is InChI=1S/C20H26FN/c1-13(2)17-8-7-16(11-19(17)21)6-5-15(4)22-20-10-9-14(3)18(20)12-20/h7-8,11,13,22H,4-6,9-10,12H2,1-3H3. The molecule has 0 amide bonds. The fourth-order valence-corrected chi connectivity index (χ4v) is 3.68. The second-order valence-corrected chi connectivity index (χ2v) is 7.26. The Labute approximate surface area is 133 Å². The summed E-state index contributed by atoms with van der Waals surface area (Å²) in [5.74, 6) is 0.152. The monoisotopic (exact) mass is 299 g/mol. The predicted molar refractivity (Wildman–Crippen MR) is 90.4 cm³/mol. The van der Waals surface area contributed by atoms with Crippen LogP contribution in [0.5, 0.6) is 0 Å². The van der Waals surface area contributed by atoms with E-state index in [4.69, 9.17) is 0 Å². The van der Waals surface area contributed by atoms with Crippen LogP contribution in [0.4, 0.5) is 4.39 Å². The highest BCUT2D eigenvalue weighted by Gasteiger charge is 2.52. The Kier molecular flexibility index (Phi) is 3.88. The molecule has 0 spiro atoms. The third kappa shape index (κ3) is 2.84. The van der Waals surface area contributed by atoms with Gasteiger partial charge in [-0.3, -0.25) is 0 Å². The second kappa shape index (κ2) is 5.57. The summed E-state index contributed by atoms with van der Waals surface area (Å²) in [6, 6.07) is 5.65. The lowest BCUT2D eigenvalue weighted by atomic mass is 9.99. The van der Waals surface area contributed by atoms with Crippen LogP contribution in [0.15, 0.2) is 41.6 Å². The van der Waals surface area contributed by atoms with E-state index >= 15 is 0 Å². The fraction of sp³-hybridized carbons (Fsp3) is 0.500. The molecule has 1 aromatic rings. The van der Waals surface area contributed by atoms with Gasteiger partial charge < -0.3 is 5.32 Å². The Balaban J connectivity index is 1.55. The van der Waals surface area contributed by atoms with Gasteiger partial charge in [0.15, 0.2) is 0 Å². The highest BCUT2D eigenvalue weighted by molar-refractivity contribution is 5.48. The molecule has 1 N–H and O–H groups in total. The van der Waals surface area contributed by atoms with Gasteiger partial charge in [-0.05, 0) is 67.7 Å². The van der Waals surface area contributed by atoms with Gasteiger partial charge >= 0.3 is 0 Å². The molecule has 2 heteroatoms. The van der Waals surface area contributed by atoms with Crippen molar-refractivity contribution in [2.24, 2.45) is 0 Å². The lowest BCUT2D eigenvalue weighted by molar-refractivity contribution is 0.539. The molecule has 0 heterocycles. The van der Waals surface area contributed by atoms with Crippen molar-refractivity contribution in [2.45, 2.75) is 64.3 Å². The molecule has 22 heavy (non-hydrogen) atoms. The van der Waals surface area contributed by atoms with Crippen LogP contribution in [0.25, 0.3) is 0 Å². The molecule has 0 saturated heterocycles. The fourth-order valence-electron chi connectivity index (χ4n) is 3.68. The molecule has 1 unspecified atom stereocenters. The number of allylic oxidation sites excluding steroid dienone is 2. The normalized spacial score (nSPS) is 23.0. The summed E-state index contributed by atoms with van der Waals surface area (Å²) in [6.45, 7) is 10.5. The lowest BCUT2D eigenvalue weighted by Gasteiger charge is -2.18. The van der Waals surface area contributed by atoms with E-state index in [1.54, 1.807) is 17.2 Å². The molecule has 0 aromatic heterocycles. The zero-order valence-electron chi connectivity index (χ0n) is 13.9. The molecule has 2 aliphatic rings. The summed E-state index contributed by atoms with van der Waals surface area (Å²) >= 11 is 0. The zero-order valence-corrected chi connectivity index (χ0v) is 13.9. The molecule has 1 saturated carbocycles. The van der Waals surface area contributed by atoms with Gasteiger partial charge in [0.25, 0.3) is 0 Å². The Hall–Kier alpha value is -1.57. The average molecular weight is 299 g/mol. The summed E-state index contributed by atoms with van der Waals surface area (Å²) < 4.78 is 14.0. The molecule has 1 atom stereocenters. The van der Waals surface area contributed by atoms with E-state index in [1.165, 1.54) is 19.3 Å². The van der Waals surface area contributed by atoms with E-state index in [1.807, 2.05) is 26.0 Å². The SMILES string of the molecule is C=C(CCc1ccc(C(C)C)c(F)c1)NC12CCC(C)=C1C2. The van der Waals surface area contributed by atoms with Gasteiger partial charge in [0, 0.05) is 5.70 Å². The molecular formula is C20H26FN. The van der Waals surface area contributed by atoms with Crippen LogP contribution >= 0.6 is 0 Å². The van der Waals surface area contributed by atoms with Crippen molar-refractivity contribution in [3.8, 4) is 0 Å². The average Bonchev–Trinajstić information content (AvgIpc) is 3.09. The zero-order chi connectivity index (χ0) is 15.9. The van der Waals surface area contributed by atoms with Crippen LogP contribution in [0, 0.1) is 5.82 Å². The van der Waals surface area contributed by atoms with Gasteiger partial charge in [0.2, 0.25) is 0 Å². The number of aryl methyl sites for hydroxylation is 1. The quantitative estimate of drug-likeness (QED) is 0.708. The number of rotatable bonds is 6. The van der Waals surface area contributed by atoms with Crippen molar-refractivity contribution in [3.05, 3.63) is 58.6 Å². The summed E-state index contributed by atoms with van der Waals surface area (Å²) in [5, 5.41) is 3.63. The molecule has 1 aromatic carbocycles. The van der Waals surface area contributed by atoms with Crippen molar-refractivity contribution in [2.75, 3.05) is 0 Å². The summed E-state index contributed by atoms with van der Waals surface area (Å²) in [6.07, 6.45) is 5.34. The highest BCUT2D eigenvalue weighted by atomic mass is 19.1.